The maximum Gasteiger partial charge on any atom is 0.170 e. The molecule has 1 unspecified atom stereocenters. The summed E-state index contributed by atoms with van der Waals surface area (Å²) in [6.07, 6.45) is 1.36. The van der Waals surface area contributed by atoms with Crippen molar-refractivity contribution in [2.24, 2.45) is 0 Å². The van der Waals surface area contributed by atoms with Crippen LogP contribution in [0.3, 0.4) is 0 Å². The van der Waals surface area contributed by atoms with Crippen LogP contribution in [0.5, 0.6) is 0 Å². The number of piperidine rings is 1. The average Bonchev–Trinajstić information content (AvgIpc) is 2.89. The number of β-amino-alcohol motifs (C(OH)–C–C–N with tert-alkyl or cyclic N) is 1. The summed E-state index contributed by atoms with van der Waals surface area (Å²) in [5.41, 5.74) is 4.70. The molecule has 2 aliphatic heterocycles. The number of hydrogen-bond donors (Lipinski definition) is 1. The Hall–Kier alpha value is -0.940. The minimum absolute atomic E-state index is 0.336. The molecule has 1 aromatic rings. The summed E-state index contributed by atoms with van der Waals surface area (Å²) in [6, 6.07) is 4.30. The topological polar surface area (TPSA) is 41.9 Å². The Morgan fingerprint density at radius 3 is 2.18 bits per heavy atom. The van der Waals surface area contributed by atoms with Crippen molar-refractivity contribution >= 4 is 0 Å². The summed E-state index contributed by atoms with van der Waals surface area (Å²) in [5.74, 6) is -0.336. The van der Waals surface area contributed by atoms with Crippen molar-refractivity contribution in [1.29, 1.82) is 0 Å². The molecule has 2 fully saturated rings. The van der Waals surface area contributed by atoms with E-state index in [0.29, 0.717) is 19.8 Å². The van der Waals surface area contributed by atoms with E-state index in [-0.39, 0.29) is 5.79 Å². The molecule has 4 heteroatoms. The summed E-state index contributed by atoms with van der Waals surface area (Å²) in [4.78, 5) is 2.32. The van der Waals surface area contributed by atoms with E-state index in [1.54, 1.807) is 0 Å². The minimum atomic E-state index is -0.430. The first-order valence-corrected chi connectivity index (χ1v) is 8.25. The highest BCUT2D eigenvalue weighted by atomic mass is 16.7. The second-order valence-electron chi connectivity index (χ2n) is 6.74. The molecule has 0 amide bonds. The standard InChI is InChI=1S/C18H27NO3/c1-13-10-14(2)17(15(3)11-13)16(20)12-19-6-4-18(5-7-19)21-8-9-22-18/h10-11,16,20H,4-9,12H2,1-3H3. The molecule has 2 heterocycles. The Morgan fingerprint density at radius 1 is 1.09 bits per heavy atom. The lowest BCUT2D eigenvalue weighted by molar-refractivity contribution is -0.186. The summed E-state index contributed by atoms with van der Waals surface area (Å²) in [5, 5.41) is 10.7. The lowest BCUT2D eigenvalue weighted by atomic mass is 9.94. The summed E-state index contributed by atoms with van der Waals surface area (Å²) < 4.78 is 11.5. The third-order valence-electron chi connectivity index (χ3n) is 4.93. The van der Waals surface area contributed by atoms with Gasteiger partial charge < -0.3 is 19.5 Å². The SMILES string of the molecule is Cc1cc(C)c(C(O)CN2CCC3(CC2)OCCO3)c(C)c1. The molecule has 1 spiro atoms. The van der Waals surface area contributed by atoms with Gasteiger partial charge in [-0.05, 0) is 37.5 Å². The van der Waals surface area contributed by atoms with Gasteiger partial charge in [0.05, 0.1) is 19.3 Å². The molecule has 0 aromatic heterocycles. The van der Waals surface area contributed by atoms with Crippen LogP contribution in [0.2, 0.25) is 0 Å². The molecule has 0 bridgehead atoms. The summed E-state index contributed by atoms with van der Waals surface area (Å²) >= 11 is 0. The number of aliphatic hydroxyl groups is 1. The normalized spacial score (nSPS) is 23.1. The zero-order valence-corrected chi connectivity index (χ0v) is 13.9. The lowest BCUT2D eigenvalue weighted by Gasteiger charge is -2.38. The zero-order chi connectivity index (χ0) is 15.7. The molecule has 1 aromatic carbocycles. The van der Waals surface area contributed by atoms with E-state index in [0.717, 1.165) is 31.5 Å². The van der Waals surface area contributed by atoms with Gasteiger partial charge in [0.2, 0.25) is 0 Å². The van der Waals surface area contributed by atoms with Gasteiger partial charge in [-0.2, -0.15) is 0 Å². The number of benzene rings is 1. The molecule has 0 aliphatic carbocycles. The minimum Gasteiger partial charge on any atom is -0.387 e. The van der Waals surface area contributed by atoms with E-state index in [1.165, 1.54) is 16.7 Å². The number of nitrogens with zero attached hydrogens (tertiary/aromatic N) is 1. The first kappa shape index (κ1) is 15.9. The second-order valence-corrected chi connectivity index (χ2v) is 6.74. The Kier molecular flexibility index (Phi) is 4.55. The predicted octanol–water partition coefficient (Wildman–Crippen LogP) is 2.48. The van der Waals surface area contributed by atoms with Crippen LogP contribution in [0.15, 0.2) is 12.1 Å². The fourth-order valence-corrected chi connectivity index (χ4v) is 3.91. The average molecular weight is 305 g/mol. The fraction of sp³-hybridized carbons (Fsp3) is 0.667. The number of ether oxygens (including phenoxy) is 2. The molecular weight excluding hydrogens is 278 g/mol. The molecule has 1 atom stereocenters. The van der Waals surface area contributed by atoms with Crippen LogP contribution in [-0.4, -0.2) is 48.6 Å². The number of likely N-dealkylation sites (tertiary alicyclic amines) is 1. The van der Waals surface area contributed by atoms with E-state index in [4.69, 9.17) is 9.47 Å². The molecule has 0 saturated carbocycles. The number of aliphatic hydroxyl groups excluding tert-OH is 1. The van der Waals surface area contributed by atoms with Crippen molar-refractivity contribution in [2.45, 2.75) is 45.5 Å². The highest BCUT2D eigenvalue weighted by Crippen LogP contribution is 2.32. The molecule has 2 saturated heterocycles. The smallest absolute Gasteiger partial charge is 0.170 e. The van der Waals surface area contributed by atoms with Crippen LogP contribution < -0.4 is 0 Å². The second kappa shape index (κ2) is 6.28. The van der Waals surface area contributed by atoms with E-state index in [1.807, 2.05) is 0 Å². The predicted molar refractivity (Wildman–Crippen MR) is 85.9 cm³/mol. The fourth-order valence-electron chi connectivity index (χ4n) is 3.91. The highest BCUT2D eigenvalue weighted by molar-refractivity contribution is 5.39. The van der Waals surface area contributed by atoms with Gasteiger partial charge in [0.1, 0.15) is 0 Å². The Bertz CT molecular complexity index is 504. The van der Waals surface area contributed by atoms with Gasteiger partial charge in [-0.15, -0.1) is 0 Å². The monoisotopic (exact) mass is 305 g/mol. The first-order chi connectivity index (χ1) is 10.5. The Labute approximate surface area is 133 Å². The Morgan fingerprint density at radius 2 is 1.64 bits per heavy atom. The van der Waals surface area contributed by atoms with Crippen molar-refractivity contribution in [3.8, 4) is 0 Å². The number of rotatable bonds is 3. The molecular formula is C18H27NO3. The van der Waals surface area contributed by atoms with Crippen molar-refractivity contribution in [1.82, 2.24) is 4.90 Å². The summed E-state index contributed by atoms with van der Waals surface area (Å²) in [7, 11) is 0. The van der Waals surface area contributed by atoms with Gasteiger partial charge in [-0.25, -0.2) is 0 Å². The van der Waals surface area contributed by atoms with Crippen molar-refractivity contribution in [2.75, 3.05) is 32.8 Å². The maximum absolute atomic E-state index is 10.7. The highest BCUT2D eigenvalue weighted by Gasteiger charge is 2.40. The van der Waals surface area contributed by atoms with E-state index >= 15 is 0 Å². The maximum atomic E-state index is 10.7. The van der Waals surface area contributed by atoms with Crippen LogP contribution in [0.4, 0.5) is 0 Å². The van der Waals surface area contributed by atoms with Crippen LogP contribution in [0.1, 0.15) is 41.2 Å². The van der Waals surface area contributed by atoms with Crippen LogP contribution in [0, 0.1) is 20.8 Å². The zero-order valence-electron chi connectivity index (χ0n) is 13.9. The van der Waals surface area contributed by atoms with E-state index < -0.39 is 6.10 Å². The van der Waals surface area contributed by atoms with Crippen molar-refractivity contribution < 1.29 is 14.6 Å². The summed E-state index contributed by atoms with van der Waals surface area (Å²) in [6.45, 7) is 10.2. The number of hydrogen-bond acceptors (Lipinski definition) is 4. The Balaban J connectivity index is 1.62. The molecule has 0 radical (unpaired) electrons. The first-order valence-electron chi connectivity index (χ1n) is 8.25. The van der Waals surface area contributed by atoms with Crippen LogP contribution in [-0.2, 0) is 9.47 Å². The van der Waals surface area contributed by atoms with Gasteiger partial charge in [-0.1, -0.05) is 17.7 Å². The van der Waals surface area contributed by atoms with Crippen molar-refractivity contribution in [3.63, 3.8) is 0 Å². The van der Waals surface area contributed by atoms with E-state index in [9.17, 15) is 5.11 Å². The van der Waals surface area contributed by atoms with Gasteiger partial charge in [-0.3, -0.25) is 0 Å². The van der Waals surface area contributed by atoms with Gasteiger partial charge in [0, 0.05) is 32.5 Å². The number of aryl methyl sites for hydroxylation is 3. The quantitative estimate of drug-likeness (QED) is 0.931. The molecule has 22 heavy (non-hydrogen) atoms. The van der Waals surface area contributed by atoms with Gasteiger partial charge in [0.25, 0.3) is 0 Å². The van der Waals surface area contributed by atoms with E-state index in [2.05, 4.69) is 37.8 Å². The van der Waals surface area contributed by atoms with Crippen molar-refractivity contribution in [3.05, 3.63) is 34.4 Å². The molecule has 2 aliphatic rings. The van der Waals surface area contributed by atoms with Crippen LogP contribution >= 0.6 is 0 Å². The van der Waals surface area contributed by atoms with Gasteiger partial charge >= 0.3 is 0 Å². The largest absolute Gasteiger partial charge is 0.387 e. The molecule has 3 rings (SSSR count). The third-order valence-corrected chi connectivity index (χ3v) is 4.93. The lowest BCUT2D eigenvalue weighted by Crippen LogP contribution is -2.46. The van der Waals surface area contributed by atoms with Crippen LogP contribution in [0.25, 0.3) is 0 Å². The molecule has 122 valence electrons. The molecule has 4 nitrogen and oxygen atoms in total. The third kappa shape index (κ3) is 3.20. The van der Waals surface area contributed by atoms with Gasteiger partial charge in [0.15, 0.2) is 5.79 Å². The molecule has 1 N–H and O–H groups in total.